The van der Waals surface area contributed by atoms with Gasteiger partial charge in [-0.25, -0.2) is 8.42 Å². The SMILES string of the molecule is CCCc1ccc(S(=O)(=O)N2CCC3(CC2)CCC(O)(CN2CCCC2)CC3)cc1. The Labute approximate surface area is 182 Å². The van der Waals surface area contributed by atoms with Gasteiger partial charge in [0.2, 0.25) is 10.0 Å². The molecule has 0 unspecified atom stereocenters. The van der Waals surface area contributed by atoms with Crippen LogP contribution < -0.4 is 0 Å². The molecule has 2 aliphatic heterocycles. The summed E-state index contributed by atoms with van der Waals surface area (Å²) in [5.74, 6) is 0. The first-order chi connectivity index (χ1) is 14.3. The number of rotatable bonds is 6. The van der Waals surface area contributed by atoms with Gasteiger partial charge in [-0.1, -0.05) is 25.5 Å². The van der Waals surface area contributed by atoms with E-state index in [1.807, 2.05) is 12.1 Å². The van der Waals surface area contributed by atoms with Crippen LogP contribution in [0.3, 0.4) is 0 Å². The maximum atomic E-state index is 13.1. The van der Waals surface area contributed by atoms with Crippen LogP contribution in [0.25, 0.3) is 0 Å². The topological polar surface area (TPSA) is 60.9 Å². The van der Waals surface area contributed by atoms with Gasteiger partial charge < -0.3 is 10.0 Å². The Bertz CT molecular complexity index is 797. The van der Waals surface area contributed by atoms with Crippen LogP contribution in [0.5, 0.6) is 0 Å². The molecule has 1 N–H and O–H groups in total. The molecule has 1 aromatic rings. The molecule has 5 nitrogen and oxygen atoms in total. The summed E-state index contributed by atoms with van der Waals surface area (Å²) in [6.07, 6.45) is 10.2. The number of hydrogen-bond donors (Lipinski definition) is 1. The number of hydrogen-bond acceptors (Lipinski definition) is 4. The lowest BCUT2D eigenvalue weighted by atomic mass is 9.64. The van der Waals surface area contributed by atoms with E-state index in [0.717, 1.165) is 71.0 Å². The molecule has 0 aromatic heterocycles. The summed E-state index contributed by atoms with van der Waals surface area (Å²) in [6, 6.07) is 7.43. The quantitative estimate of drug-likeness (QED) is 0.740. The molecule has 0 bridgehead atoms. The zero-order valence-corrected chi connectivity index (χ0v) is 19.3. The van der Waals surface area contributed by atoms with E-state index in [0.29, 0.717) is 18.0 Å². The van der Waals surface area contributed by atoms with Gasteiger partial charge >= 0.3 is 0 Å². The fourth-order valence-corrected chi connectivity index (χ4v) is 7.17. The van der Waals surface area contributed by atoms with Crippen molar-refractivity contribution >= 4 is 10.0 Å². The highest BCUT2D eigenvalue weighted by molar-refractivity contribution is 7.89. The molecule has 2 heterocycles. The Hall–Kier alpha value is -0.950. The van der Waals surface area contributed by atoms with Crippen molar-refractivity contribution in [2.75, 3.05) is 32.7 Å². The van der Waals surface area contributed by atoms with Crippen molar-refractivity contribution in [3.63, 3.8) is 0 Å². The molecule has 168 valence electrons. The zero-order valence-electron chi connectivity index (χ0n) is 18.5. The molecule has 0 atom stereocenters. The van der Waals surface area contributed by atoms with Gasteiger partial charge in [0.05, 0.1) is 10.5 Å². The van der Waals surface area contributed by atoms with Gasteiger partial charge in [0, 0.05) is 19.6 Å². The van der Waals surface area contributed by atoms with Crippen LogP contribution in [0.1, 0.15) is 70.3 Å². The van der Waals surface area contributed by atoms with E-state index in [2.05, 4.69) is 11.8 Å². The summed E-state index contributed by atoms with van der Waals surface area (Å²) in [7, 11) is -3.41. The Balaban J connectivity index is 1.33. The zero-order chi connectivity index (χ0) is 21.2. The molecule has 2 saturated heterocycles. The first kappa shape index (κ1) is 22.3. The molecular weight excluding hydrogens is 396 g/mol. The second-order valence-electron chi connectivity index (χ2n) is 10.0. The molecule has 1 aliphatic carbocycles. The second kappa shape index (κ2) is 8.89. The van der Waals surface area contributed by atoms with Gasteiger partial charge in [-0.05, 0) is 94.0 Å². The second-order valence-corrected chi connectivity index (χ2v) is 11.9. The lowest BCUT2D eigenvalue weighted by Crippen LogP contribution is -2.50. The van der Waals surface area contributed by atoms with Gasteiger partial charge in [-0.3, -0.25) is 0 Å². The minimum atomic E-state index is -3.41. The summed E-state index contributed by atoms with van der Waals surface area (Å²) < 4.78 is 27.9. The maximum Gasteiger partial charge on any atom is 0.243 e. The first-order valence-corrected chi connectivity index (χ1v) is 13.3. The molecule has 3 fully saturated rings. The Kier molecular flexibility index (Phi) is 6.59. The van der Waals surface area contributed by atoms with E-state index >= 15 is 0 Å². The highest BCUT2D eigenvalue weighted by Gasteiger charge is 2.45. The predicted molar refractivity (Wildman–Crippen MR) is 120 cm³/mol. The van der Waals surface area contributed by atoms with Crippen LogP contribution in [-0.4, -0.2) is 61.1 Å². The van der Waals surface area contributed by atoms with Gasteiger partial charge in [0.1, 0.15) is 0 Å². The lowest BCUT2D eigenvalue weighted by molar-refractivity contribution is -0.0625. The van der Waals surface area contributed by atoms with Crippen LogP contribution in [0, 0.1) is 5.41 Å². The van der Waals surface area contributed by atoms with Gasteiger partial charge in [-0.2, -0.15) is 4.31 Å². The summed E-state index contributed by atoms with van der Waals surface area (Å²) in [4.78, 5) is 2.83. The number of aliphatic hydroxyl groups is 1. The Morgan fingerprint density at radius 1 is 0.900 bits per heavy atom. The van der Waals surface area contributed by atoms with Gasteiger partial charge in [0.15, 0.2) is 0 Å². The monoisotopic (exact) mass is 434 g/mol. The number of nitrogens with zero attached hydrogens (tertiary/aromatic N) is 2. The van der Waals surface area contributed by atoms with Crippen LogP contribution >= 0.6 is 0 Å². The summed E-state index contributed by atoms with van der Waals surface area (Å²) in [5, 5.41) is 11.1. The molecule has 4 rings (SSSR count). The molecule has 30 heavy (non-hydrogen) atoms. The van der Waals surface area contributed by atoms with Crippen molar-refractivity contribution in [2.24, 2.45) is 5.41 Å². The normalized spacial score (nSPS) is 25.0. The lowest BCUT2D eigenvalue weighted by Gasteiger charge is -2.48. The van der Waals surface area contributed by atoms with Crippen molar-refractivity contribution in [3.05, 3.63) is 29.8 Å². The van der Waals surface area contributed by atoms with Crippen molar-refractivity contribution in [3.8, 4) is 0 Å². The fraction of sp³-hybridized carbons (Fsp3) is 0.750. The third-order valence-electron chi connectivity index (χ3n) is 7.84. The average molecular weight is 435 g/mol. The number of likely N-dealkylation sites (tertiary alicyclic amines) is 1. The molecule has 1 spiro atoms. The standard InChI is InChI=1S/C24H38N2O3S/c1-2-5-21-6-8-22(9-7-21)30(28,29)26-18-14-23(15-19-26)10-12-24(27,13-11-23)20-25-16-3-4-17-25/h6-9,27H,2-5,10-20H2,1H3. The Morgan fingerprint density at radius 3 is 2.07 bits per heavy atom. The van der Waals surface area contributed by atoms with Gasteiger partial charge in [0.25, 0.3) is 0 Å². The summed E-state index contributed by atoms with van der Waals surface area (Å²) in [6.45, 7) is 6.40. The van der Waals surface area contributed by atoms with E-state index in [4.69, 9.17) is 0 Å². The molecule has 1 aromatic carbocycles. The molecular formula is C24H38N2O3S. The minimum absolute atomic E-state index is 0.217. The fourth-order valence-electron chi connectivity index (χ4n) is 5.73. The number of β-amino-alcohol motifs (C(OH)–C–C–N with tert-alkyl or cyclic N) is 1. The van der Waals surface area contributed by atoms with E-state index in [1.165, 1.54) is 18.4 Å². The minimum Gasteiger partial charge on any atom is -0.389 e. The van der Waals surface area contributed by atoms with E-state index in [1.54, 1.807) is 16.4 Å². The number of piperidine rings is 1. The molecule has 1 saturated carbocycles. The highest BCUT2D eigenvalue weighted by Crippen LogP contribution is 2.48. The smallest absolute Gasteiger partial charge is 0.243 e. The Morgan fingerprint density at radius 2 is 1.50 bits per heavy atom. The molecule has 0 amide bonds. The third kappa shape index (κ3) is 4.77. The van der Waals surface area contributed by atoms with Crippen LogP contribution in [0.2, 0.25) is 0 Å². The van der Waals surface area contributed by atoms with Crippen molar-refractivity contribution < 1.29 is 13.5 Å². The predicted octanol–water partition coefficient (Wildman–Crippen LogP) is 3.81. The highest BCUT2D eigenvalue weighted by atomic mass is 32.2. The summed E-state index contributed by atoms with van der Waals surface area (Å²) >= 11 is 0. The largest absolute Gasteiger partial charge is 0.389 e. The maximum absolute atomic E-state index is 13.1. The number of aryl methyl sites for hydroxylation is 1. The van der Waals surface area contributed by atoms with Crippen molar-refractivity contribution in [1.29, 1.82) is 0 Å². The third-order valence-corrected chi connectivity index (χ3v) is 9.75. The van der Waals surface area contributed by atoms with Crippen LogP contribution in [-0.2, 0) is 16.4 Å². The van der Waals surface area contributed by atoms with E-state index in [-0.39, 0.29) is 5.41 Å². The molecule has 6 heteroatoms. The molecule has 3 aliphatic rings. The van der Waals surface area contributed by atoms with E-state index in [9.17, 15) is 13.5 Å². The van der Waals surface area contributed by atoms with Crippen LogP contribution in [0.4, 0.5) is 0 Å². The van der Waals surface area contributed by atoms with Gasteiger partial charge in [-0.15, -0.1) is 0 Å². The van der Waals surface area contributed by atoms with Crippen molar-refractivity contribution in [2.45, 2.75) is 81.6 Å². The first-order valence-electron chi connectivity index (χ1n) is 11.9. The number of benzene rings is 1. The van der Waals surface area contributed by atoms with Crippen LogP contribution in [0.15, 0.2) is 29.2 Å². The van der Waals surface area contributed by atoms with E-state index < -0.39 is 15.6 Å². The summed E-state index contributed by atoms with van der Waals surface area (Å²) in [5.41, 5.74) is 0.866. The average Bonchev–Trinajstić information content (AvgIpc) is 3.24. The number of sulfonamides is 1. The molecule has 0 radical (unpaired) electrons. The van der Waals surface area contributed by atoms with Crippen molar-refractivity contribution in [1.82, 2.24) is 9.21 Å².